The van der Waals surface area contributed by atoms with Crippen LogP contribution in [0.5, 0.6) is 0 Å². The van der Waals surface area contributed by atoms with Gasteiger partial charge in [0, 0.05) is 53.7 Å². The predicted octanol–water partition coefficient (Wildman–Crippen LogP) is 15.1. The smallest absolute Gasteiger partial charge is 0.0542 e. The summed E-state index contributed by atoms with van der Waals surface area (Å²) >= 11 is 1.87. The van der Waals surface area contributed by atoms with Crippen LogP contribution in [0, 0.1) is 0 Å². The van der Waals surface area contributed by atoms with Crippen LogP contribution in [0.1, 0.15) is 0 Å². The van der Waals surface area contributed by atoms with Gasteiger partial charge in [0.2, 0.25) is 0 Å². The molecule has 0 radical (unpaired) electrons. The van der Waals surface area contributed by atoms with Gasteiger partial charge in [-0.3, -0.25) is 0 Å². The third-order valence-electron chi connectivity index (χ3n) is 11.0. The first kappa shape index (κ1) is 31.6. The van der Waals surface area contributed by atoms with Gasteiger partial charge in [-0.15, -0.1) is 11.3 Å². The van der Waals surface area contributed by atoms with E-state index in [9.17, 15) is 0 Å². The van der Waals surface area contributed by atoms with Gasteiger partial charge in [-0.05, 0) is 112 Å². The molecule has 11 rings (SSSR count). The number of aromatic nitrogens is 1. The molecule has 2 aromatic heterocycles. The SMILES string of the molecule is c1ccc(-c2cccc(-c3ccc(N(c4ccc5sc6ccc7ccccc7c6c5c4)c4ccc5c(c4)c4ccccc4n5-c4ccccc4)cc3)c2)cc1. The van der Waals surface area contributed by atoms with Crippen molar-refractivity contribution >= 4 is 81.1 Å². The lowest BCUT2D eigenvalue weighted by atomic mass is 9.99. The second kappa shape index (κ2) is 12.9. The molecule has 9 aromatic carbocycles. The minimum absolute atomic E-state index is 1.11. The Morgan fingerprint density at radius 3 is 1.73 bits per heavy atom. The fourth-order valence-corrected chi connectivity index (χ4v) is 9.49. The molecule has 0 saturated carbocycles. The summed E-state index contributed by atoms with van der Waals surface area (Å²) in [6, 6.07) is 75.2. The molecule has 11 aromatic rings. The largest absolute Gasteiger partial charge is 0.310 e. The lowest BCUT2D eigenvalue weighted by molar-refractivity contribution is 1.18. The lowest BCUT2D eigenvalue weighted by Gasteiger charge is -2.26. The van der Waals surface area contributed by atoms with Crippen LogP contribution in [-0.4, -0.2) is 4.57 Å². The van der Waals surface area contributed by atoms with E-state index in [0.717, 1.165) is 22.7 Å². The molecule has 0 unspecified atom stereocenters. The summed E-state index contributed by atoms with van der Waals surface area (Å²) in [5, 5.41) is 7.65. The summed E-state index contributed by atoms with van der Waals surface area (Å²) in [7, 11) is 0. The summed E-state index contributed by atoms with van der Waals surface area (Å²) in [6.07, 6.45) is 0. The molecule has 0 N–H and O–H groups in total. The molecule has 0 amide bonds. The quantitative estimate of drug-likeness (QED) is 0.166. The van der Waals surface area contributed by atoms with E-state index < -0.39 is 0 Å². The Kier molecular flexibility index (Phi) is 7.39. The minimum Gasteiger partial charge on any atom is -0.310 e. The van der Waals surface area contributed by atoms with E-state index in [1.807, 2.05) is 11.3 Å². The Morgan fingerprint density at radius 2 is 0.927 bits per heavy atom. The van der Waals surface area contributed by atoms with E-state index in [1.165, 1.54) is 75.0 Å². The van der Waals surface area contributed by atoms with Gasteiger partial charge < -0.3 is 9.47 Å². The van der Waals surface area contributed by atoms with Crippen molar-refractivity contribution in [3.8, 4) is 27.9 Å². The predicted molar refractivity (Wildman–Crippen MR) is 237 cm³/mol. The first-order valence-electron chi connectivity index (χ1n) is 18.8. The van der Waals surface area contributed by atoms with Crippen LogP contribution >= 0.6 is 11.3 Å². The minimum atomic E-state index is 1.11. The number of hydrogen-bond donors (Lipinski definition) is 0. The molecule has 0 aliphatic heterocycles. The number of rotatable bonds is 6. The first-order chi connectivity index (χ1) is 27.3. The van der Waals surface area contributed by atoms with E-state index in [1.54, 1.807) is 0 Å². The first-order valence-corrected chi connectivity index (χ1v) is 19.6. The average molecular weight is 719 g/mol. The van der Waals surface area contributed by atoms with Crippen molar-refractivity contribution in [2.24, 2.45) is 0 Å². The molecule has 0 aliphatic carbocycles. The van der Waals surface area contributed by atoms with Crippen LogP contribution < -0.4 is 4.90 Å². The van der Waals surface area contributed by atoms with Crippen molar-refractivity contribution < 1.29 is 0 Å². The van der Waals surface area contributed by atoms with E-state index in [-0.39, 0.29) is 0 Å². The van der Waals surface area contributed by atoms with Crippen molar-refractivity contribution in [3.63, 3.8) is 0 Å². The van der Waals surface area contributed by atoms with Crippen molar-refractivity contribution in [1.82, 2.24) is 4.57 Å². The van der Waals surface area contributed by atoms with Gasteiger partial charge in [0.25, 0.3) is 0 Å². The molecule has 0 bridgehead atoms. The standard InChI is InChI=1S/C52H34N2S/c1-3-12-35(13-4-1)38-15-11-16-39(32-38)36-22-25-41(26-23-36)53(43-28-31-50-47(34-43)52-44-19-8-7-14-37(44)24-30-51(52)55-50)42-27-29-49-46(33-42)45-20-9-10-21-48(45)54(49)40-17-5-2-6-18-40/h1-34H. The van der Waals surface area contributed by atoms with Gasteiger partial charge in [0.1, 0.15) is 0 Å². The highest BCUT2D eigenvalue weighted by atomic mass is 32.1. The molecule has 0 saturated heterocycles. The molecular formula is C52H34N2S. The molecule has 2 heterocycles. The van der Waals surface area contributed by atoms with Crippen LogP contribution in [0.4, 0.5) is 17.1 Å². The molecule has 2 nitrogen and oxygen atoms in total. The molecule has 3 heteroatoms. The van der Waals surface area contributed by atoms with Crippen LogP contribution in [0.2, 0.25) is 0 Å². The number of fused-ring (bicyclic) bond motifs is 8. The van der Waals surface area contributed by atoms with E-state index in [4.69, 9.17) is 0 Å². The lowest BCUT2D eigenvalue weighted by Crippen LogP contribution is -2.09. The molecule has 55 heavy (non-hydrogen) atoms. The second-order valence-electron chi connectivity index (χ2n) is 14.2. The van der Waals surface area contributed by atoms with Crippen LogP contribution in [-0.2, 0) is 0 Å². The number of anilines is 3. The summed E-state index contributed by atoms with van der Waals surface area (Å²) in [6.45, 7) is 0. The Morgan fingerprint density at radius 1 is 0.345 bits per heavy atom. The zero-order valence-electron chi connectivity index (χ0n) is 29.9. The molecule has 0 fully saturated rings. The zero-order chi connectivity index (χ0) is 36.3. The Bertz CT molecular complexity index is 3190. The number of para-hydroxylation sites is 2. The Balaban J connectivity index is 1.10. The van der Waals surface area contributed by atoms with Gasteiger partial charge >= 0.3 is 0 Å². The van der Waals surface area contributed by atoms with E-state index in [2.05, 4.69) is 216 Å². The number of benzene rings is 9. The average Bonchev–Trinajstić information content (AvgIpc) is 3.80. The van der Waals surface area contributed by atoms with Gasteiger partial charge in [-0.1, -0.05) is 127 Å². The normalized spacial score (nSPS) is 11.6. The number of hydrogen-bond acceptors (Lipinski definition) is 2. The van der Waals surface area contributed by atoms with E-state index >= 15 is 0 Å². The second-order valence-corrected chi connectivity index (χ2v) is 15.2. The summed E-state index contributed by atoms with van der Waals surface area (Å²) in [4.78, 5) is 2.42. The number of thiophene rings is 1. The summed E-state index contributed by atoms with van der Waals surface area (Å²) in [5.74, 6) is 0. The fraction of sp³-hybridized carbons (Fsp3) is 0. The maximum atomic E-state index is 2.42. The maximum absolute atomic E-state index is 2.42. The molecule has 258 valence electrons. The summed E-state index contributed by atoms with van der Waals surface area (Å²) < 4.78 is 4.99. The molecule has 0 spiro atoms. The third kappa shape index (κ3) is 5.32. The fourth-order valence-electron chi connectivity index (χ4n) is 8.39. The Hall–Kier alpha value is -6.94. The van der Waals surface area contributed by atoms with E-state index in [0.29, 0.717) is 0 Å². The Labute approximate surface area is 323 Å². The highest BCUT2D eigenvalue weighted by molar-refractivity contribution is 7.26. The molecular weight excluding hydrogens is 685 g/mol. The van der Waals surface area contributed by atoms with Gasteiger partial charge in [-0.25, -0.2) is 0 Å². The highest BCUT2D eigenvalue weighted by Gasteiger charge is 2.19. The van der Waals surface area contributed by atoms with Crippen LogP contribution in [0.3, 0.4) is 0 Å². The van der Waals surface area contributed by atoms with Gasteiger partial charge in [-0.2, -0.15) is 0 Å². The third-order valence-corrected chi connectivity index (χ3v) is 12.1. The van der Waals surface area contributed by atoms with Crippen molar-refractivity contribution in [2.75, 3.05) is 4.90 Å². The number of nitrogens with zero attached hydrogens (tertiary/aromatic N) is 2. The van der Waals surface area contributed by atoms with Gasteiger partial charge in [0.05, 0.1) is 11.0 Å². The van der Waals surface area contributed by atoms with Crippen molar-refractivity contribution in [3.05, 3.63) is 206 Å². The monoisotopic (exact) mass is 718 g/mol. The van der Waals surface area contributed by atoms with Gasteiger partial charge in [0.15, 0.2) is 0 Å². The topological polar surface area (TPSA) is 8.17 Å². The van der Waals surface area contributed by atoms with Crippen LogP contribution in [0.25, 0.3) is 80.7 Å². The van der Waals surface area contributed by atoms with Crippen molar-refractivity contribution in [2.45, 2.75) is 0 Å². The van der Waals surface area contributed by atoms with Crippen molar-refractivity contribution in [1.29, 1.82) is 0 Å². The molecule has 0 atom stereocenters. The molecule has 0 aliphatic rings. The zero-order valence-corrected chi connectivity index (χ0v) is 30.7. The summed E-state index contributed by atoms with van der Waals surface area (Å²) in [5.41, 5.74) is 11.7. The van der Waals surface area contributed by atoms with Crippen LogP contribution in [0.15, 0.2) is 206 Å². The highest BCUT2D eigenvalue weighted by Crippen LogP contribution is 2.44. The maximum Gasteiger partial charge on any atom is 0.0542 e.